The van der Waals surface area contributed by atoms with Gasteiger partial charge in [-0.05, 0) is 39.8 Å². The van der Waals surface area contributed by atoms with Gasteiger partial charge < -0.3 is 15.2 Å². The van der Waals surface area contributed by atoms with Gasteiger partial charge in [-0.3, -0.25) is 4.79 Å². The molecule has 0 spiro atoms. The molecule has 2 N–H and O–H groups in total. The minimum atomic E-state index is -0.925. The SMILES string of the molecule is C[C@@H](OC(=O)c1ccccc1O)C(=O)NC(C)(C)C. The molecule has 0 unspecified atom stereocenters. The highest BCUT2D eigenvalue weighted by Gasteiger charge is 2.23. The zero-order chi connectivity index (χ0) is 14.6. The summed E-state index contributed by atoms with van der Waals surface area (Å²) in [5, 5.41) is 12.2. The van der Waals surface area contributed by atoms with Gasteiger partial charge in [0.1, 0.15) is 11.3 Å². The lowest BCUT2D eigenvalue weighted by Crippen LogP contribution is -2.46. The summed E-state index contributed by atoms with van der Waals surface area (Å²) >= 11 is 0. The van der Waals surface area contributed by atoms with E-state index in [1.54, 1.807) is 12.1 Å². The number of carbonyl (C=O) groups is 2. The maximum Gasteiger partial charge on any atom is 0.342 e. The van der Waals surface area contributed by atoms with E-state index in [0.29, 0.717) is 0 Å². The molecule has 0 aliphatic rings. The Labute approximate surface area is 112 Å². The van der Waals surface area contributed by atoms with Crippen molar-refractivity contribution < 1.29 is 19.4 Å². The summed E-state index contributed by atoms with van der Waals surface area (Å²) < 4.78 is 5.01. The first kappa shape index (κ1) is 15.0. The van der Waals surface area contributed by atoms with Crippen LogP contribution in [0.4, 0.5) is 0 Å². The molecule has 0 radical (unpaired) electrons. The third kappa shape index (κ3) is 4.62. The van der Waals surface area contributed by atoms with Gasteiger partial charge in [-0.2, -0.15) is 0 Å². The third-order valence-electron chi connectivity index (χ3n) is 2.28. The molecule has 0 bridgehead atoms. The van der Waals surface area contributed by atoms with Crippen LogP contribution in [-0.2, 0) is 9.53 Å². The maximum atomic E-state index is 11.8. The topological polar surface area (TPSA) is 75.6 Å². The minimum absolute atomic E-state index is 0.0397. The van der Waals surface area contributed by atoms with Gasteiger partial charge in [-0.25, -0.2) is 4.79 Å². The Hall–Kier alpha value is -2.04. The van der Waals surface area contributed by atoms with E-state index in [1.807, 2.05) is 20.8 Å². The van der Waals surface area contributed by atoms with Crippen LogP contribution in [0.15, 0.2) is 24.3 Å². The summed E-state index contributed by atoms with van der Waals surface area (Å²) in [5.74, 6) is -1.28. The molecule has 19 heavy (non-hydrogen) atoms. The molecular weight excluding hydrogens is 246 g/mol. The van der Waals surface area contributed by atoms with Crippen molar-refractivity contribution in [2.24, 2.45) is 0 Å². The molecule has 1 aromatic carbocycles. The zero-order valence-electron chi connectivity index (χ0n) is 11.6. The van der Waals surface area contributed by atoms with Crippen LogP contribution in [0.1, 0.15) is 38.1 Å². The van der Waals surface area contributed by atoms with Gasteiger partial charge in [-0.1, -0.05) is 12.1 Å². The van der Waals surface area contributed by atoms with Crippen molar-refractivity contribution in [3.8, 4) is 5.75 Å². The quantitative estimate of drug-likeness (QED) is 0.818. The van der Waals surface area contributed by atoms with Crippen LogP contribution >= 0.6 is 0 Å². The normalized spacial score (nSPS) is 12.6. The second-order valence-electron chi connectivity index (χ2n) is 5.30. The molecule has 104 valence electrons. The van der Waals surface area contributed by atoms with E-state index >= 15 is 0 Å². The van der Waals surface area contributed by atoms with Crippen LogP contribution in [0, 0.1) is 0 Å². The van der Waals surface area contributed by atoms with Gasteiger partial charge >= 0.3 is 5.97 Å². The van der Waals surface area contributed by atoms with Crippen LogP contribution < -0.4 is 5.32 Å². The zero-order valence-corrected chi connectivity index (χ0v) is 11.6. The van der Waals surface area contributed by atoms with Crippen molar-refractivity contribution in [3.05, 3.63) is 29.8 Å². The second-order valence-corrected chi connectivity index (χ2v) is 5.30. The fourth-order valence-electron chi connectivity index (χ4n) is 1.40. The number of amides is 1. The summed E-state index contributed by atoms with van der Waals surface area (Å²) in [6.07, 6.45) is -0.925. The lowest BCUT2D eigenvalue weighted by Gasteiger charge is -2.23. The number of para-hydroxylation sites is 1. The second kappa shape index (κ2) is 5.73. The van der Waals surface area contributed by atoms with Crippen LogP contribution in [-0.4, -0.2) is 28.6 Å². The Kier molecular flexibility index (Phi) is 4.53. The van der Waals surface area contributed by atoms with E-state index in [1.165, 1.54) is 19.1 Å². The maximum absolute atomic E-state index is 11.8. The standard InChI is InChI=1S/C14H19NO4/c1-9(12(17)15-14(2,3)4)19-13(18)10-7-5-6-8-11(10)16/h5-9,16H,1-4H3,(H,15,17)/t9-/m1/s1. The molecule has 1 rings (SSSR count). The number of esters is 1. The molecule has 1 amide bonds. The Morgan fingerprint density at radius 1 is 1.26 bits per heavy atom. The summed E-state index contributed by atoms with van der Waals surface area (Å²) in [6.45, 7) is 6.99. The predicted molar refractivity (Wildman–Crippen MR) is 70.9 cm³/mol. The first-order valence-electron chi connectivity index (χ1n) is 6.02. The number of phenolic OH excluding ortho intramolecular Hbond substituents is 1. The van der Waals surface area contributed by atoms with Crippen molar-refractivity contribution in [1.29, 1.82) is 0 Å². The Balaban J connectivity index is 2.67. The number of carbonyl (C=O) groups excluding carboxylic acids is 2. The number of hydrogen-bond donors (Lipinski definition) is 2. The number of hydrogen-bond acceptors (Lipinski definition) is 4. The van der Waals surface area contributed by atoms with E-state index in [-0.39, 0.29) is 17.2 Å². The molecular formula is C14H19NO4. The largest absolute Gasteiger partial charge is 0.507 e. The summed E-state index contributed by atoms with van der Waals surface area (Å²) in [6, 6.07) is 6.03. The van der Waals surface area contributed by atoms with Gasteiger partial charge in [0.25, 0.3) is 5.91 Å². The van der Waals surface area contributed by atoms with Crippen LogP contribution in [0.5, 0.6) is 5.75 Å². The van der Waals surface area contributed by atoms with Gasteiger partial charge in [-0.15, -0.1) is 0 Å². The van der Waals surface area contributed by atoms with Crippen LogP contribution in [0.2, 0.25) is 0 Å². The summed E-state index contributed by atoms with van der Waals surface area (Å²) in [4.78, 5) is 23.5. The number of ether oxygens (including phenoxy) is 1. The van der Waals surface area contributed by atoms with E-state index in [9.17, 15) is 14.7 Å². The molecule has 0 fully saturated rings. The number of rotatable bonds is 3. The molecule has 0 saturated carbocycles. The molecule has 0 aliphatic carbocycles. The van der Waals surface area contributed by atoms with Crippen LogP contribution in [0.25, 0.3) is 0 Å². The highest BCUT2D eigenvalue weighted by Crippen LogP contribution is 2.17. The Morgan fingerprint density at radius 2 is 1.84 bits per heavy atom. The van der Waals surface area contributed by atoms with E-state index < -0.39 is 17.6 Å². The number of benzene rings is 1. The Morgan fingerprint density at radius 3 is 2.37 bits per heavy atom. The highest BCUT2D eigenvalue weighted by molar-refractivity contribution is 5.94. The average molecular weight is 265 g/mol. The minimum Gasteiger partial charge on any atom is -0.507 e. The Bertz CT molecular complexity index is 477. The average Bonchev–Trinajstić information content (AvgIpc) is 2.27. The summed E-state index contributed by atoms with van der Waals surface area (Å²) in [5.41, 5.74) is -0.356. The molecule has 0 aromatic heterocycles. The van der Waals surface area contributed by atoms with Gasteiger partial charge in [0, 0.05) is 5.54 Å². The van der Waals surface area contributed by atoms with Gasteiger partial charge in [0.05, 0.1) is 0 Å². The summed E-state index contributed by atoms with van der Waals surface area (Å²) in [7, 11) is 0. The fourth-order valence-corrected chi connectivity index (χ4v) is 1.40. The first-order valence-corrected chi connectivity index (χ1v) is 6.02. The van der Waals surface area contributed by atoms with E-state index in [0.717, 1.165) is 0 Å². The number of phenols is 1. The van der Waals surface area contributed by atoms with Crippen molar-refractivity contribution in [1.82, 2.24) is 5.32 Å². The molecule has 0 aliphatic heterocycles. The number of nitrogens with one attached hydrogen (secondary N) is 1. The fraction of sp³-hybridized carbons (Fsp3) is 0.429. The van der Waals surface area contributed by atoms with Gasteiger partial charge in [0.2, 0.25) is 0 Å². The van der Waals surface area contributed by atoms with E-state index in [2.05, 4.69) is 5.32 Å². The highest BCUT2D eigenvalue weighted by atomic mass is 16.5. The third-order valence-corrected chi connectivity index (χ3v) is 2.28. The molecule has 1 atom stereocenters. The molecule has 5 heteroatoms. The van der Waals surface area contributed by atoms with Crippen LogP contribution in [0.3, 0.4) is 0 Å². The van der Waals surface area contributed by atoms with Crippen molar-refractivity contribution in [2.75, 3.05) is 0 Å². The van der Waals surface area contributed by atoms with Crippen molar-refractivity contribution >= 4 is 11.9 Å². The first-order chi connectivity index (χ1) is 8.70. The number of aromatic hydroxyl groups is 1. The molecule has 5 nitrogen and oxygen atoms in total. The molecule has 1 aromatic rings. The van der Waals surface area contributed by atoms with E-state index in [4.69, 9.17) is 4.74 Å². The lowest BCUT2D eigenvalue weighted by atomic mass is 10.1. The van der Waals surface area contributed by atoms with Crippen molar-refractivity contribution in [3.63, 3.8) is 0 Å². The van der Waals surface area contributed by atoms with Gasteiger partial charge in [0.15, 0.2) is 6.10 Å². The predicted octanol–water partition coefficient (Wildman–Crippen LogP) is 1.85. The smallest absolute Gasteiger partial charge is 0.342 e. The molecule has 0 saturated heterocycles. The monoisotopic (exact) mass is 265 g/mol. The van der Waals surface area contributed by atoms with Crippen molar-refractivity contribution in [2.45, 2.75) is 39.3 Å². The molecule has 0 heterocycles. The lowest BCUT2D eigenvalue weighted by molar-refractivity contribution is -0.130.